The van der Waals surface area contributed by atoms with E-state index in [4.69, 9.17) is 6.58 Å². The van der Waals surface area contributed by atoms with E-state index < -0.39 is 0 Å². The van der Waals surface area contributed by atoms with Crippen LogP contribution in [0.4, 0.5) is 0 Å². The van der Waals surface area contributed by atoms with Crippen molar-refractivity contribution in [2.24, 2.45) is 0 Å². The molecule has 0 aromatic carbocycles. The van der Waals surface area contributed by atoms with Gasteiger partial charge in [-0.1, -0.05) is 6.58 Å². The lowest BCUT2D eigenvalue weighted by atomic mass is 10.4. The van der Waals surface area contributed by atoms with Gasteiger partial charge < -0.3 is 10.1 Å². The molecule has 0 rings (SSSR count). The summed E-state index contributed by atoms with van der Waals surface area (Å²) in [7, 11) is 0. The molecule has 0 saturated heterocycles. The van der Waals surface area contributed by atoms with Crippen LogP contribution in [0.5, 0.6) is 0 Å². The van der Waals surface area contributed by atoms with Crippen LogP contribution in [0.25, 0.3) is 0 Å². The molecule has 0 aliphatic heterocycles. The average Bonchev–Trinajstić information content (AvgIpc) is 2.04. The van der Waals surface area contributed by atoms with E-state index in [9.17, 15) is 9.59 Å². The van der Waals surface area contributed by atoms with Crippen molar-refractivity contribution in [3.63, 3.8) is 0 Å². The van der Waals surface area contributed by atoms with Gasteiger partial charge in [-0.25, -0.2) is 0 Å². The third-order valence-electron chi connectivity index (χ3n) is 1.09. The van der Waals surface area contributed by atoms with Gasteiger partial charge in [0, 0.05) is 12.6 Å². The fourth-order valence-corrected chi connectivity index (χ4v) is 0.580. The van der Waals surface area contributed by atoms with Gasteiger partial charge in [-0.3, -0.25) is 9.59 Å². The molecule has 1 amide bonds. The first kappa shape index (κ1) is 10.7. The van der Waals surface area contributed by atoms with Crippen molar-refractivity contribution in [1.29, 1.82) is 0 Å². The summed E-state index contributed by atoms with van der Waals surface area (Å²) in [4.78, 5) is 21.2. The molecule has 4 nitrogen and oxygen atoms in total. The van der Waals surface area contributed by atoms with Crippen LogP contribution in [0.1, 0.15) is 13.3 Å². The van der Waals surface area contributed by atoms with Crippen molar-refractivity contribution in [3.8, 4) is 0 Å². The summed E-state index contributed by atoms with van der Waals surface area (Å²) < 4.78 is 4.63. The van der Waals surface area contributed by atoms with Gasteiger partial charge in [0.15, 0.2) is 0 Å². The average molecular weight is 170 g/mol. The predicted octanol–water partition coefficient (Wildman–Crippen LogP) is 0.0450. The topological polar surface area (TPSA) is 55.4 Å². The number of carbonyl (C=O) groups is 2. The van der Waals surface area contributed by atoms with Crippen LogP contribution in [0.3, 0.4) is 0 Å². The third-order valence-corrected chi connectivity index (χ3v) is 1.09. The van der Waals surface area contributed by atoms with Crippen molar-refractivity contribution in [1.82, 2.24) is 5.32 Å². The van der Waals surface area contributed by atoms with E-state index in [1.54, 1.807) is 6.92 Å². The Morgan fingerprint density at radius 3 is 2.75 bits per heavy atom. The zero-order valence-corrected chi connectivity index (χ0v) is 7.00. The van der Waals surface area contributed by atoms with E-state index in [1.807, 2.05) is 0 Å². The maximum atomic E-state index is 10.7. The van der Waals surface area contributed by atoms with Gasteiger partial charge in [-0.05, 0) is 6.92 Å². The minimum Gasteiger partial charge on any atom is -0.466 e. The number of ether oxygens (including phenoxy) is 1. The number of esters is 1. The maximum Gasteiger partial charge on any atom is 0.307 e. The maximum absolute atomic E-state index is 10.7. The van der Waals surface area contributed by atoms with E-state index >= 15 is 0 Å². The Balaban J connectivity index is 3.36. The van der Waals surface area contributed by atoms with Crippen LogP contribution in [0.2, 0.25) is 0 Å². The van der Waals surface area contributed by atoms with E-state index in [0.717, 1.165) is 6.08 Å². The van der Waals surface area contributed by atoms with Gasteiger partial charge in [0.25, 0.3) is 0 Å². The number of rotatable bonds is 5. The van der Waals surface area contributed by atoms with Crippen molar-refractivity contribution < 1.29 is 14.3 Å². The molecule has 0 fully saturated rings. The molecule has 0 bridgehead atoms. The van der Waals surface area contributed by atoms with Crippen LogP contribution in [-0.4, -0.2) is 25.0 Å². The highest BCUT2D eigenvalue weighted by Gasteiger charge is 2.01. The van der Waals surface area contributed by atoms with Gasteiger partial charge in [-0.15, -0.1) is 0 Å². The molecule has 0 spiro atoms. The second kappa shape index (κ2) is 6.39. The highest BCUT2D eigenvalue weighted by atomic mass is 16.5. The standard InChI is InChI=1S/C8H12NO3/c1-3-7(10)9-6-5-8(11)12-4-2/h1,3H,4-6H2,2H3,(H,9,10). The molecule has 1 N–H and O–H groups in total. The molecule has 67 valence electrons. The largest absolute Gasteiger partial charge is 0.466 e. The first-order valence-corrected chi connectivity index (χ1v) is 3.69. The molecule has 0 aromatic heterocycles. The Labute approximate surface area is 71.6 Å². The molecule has 0 aromatic rings. The van der Waals surface area contributed by atoms with Crippen LogP contribution in [-0.2, 0) is 14.3 Å². The van der Waals surface area contributed by atoms with E-state index in [2.05, 4.69) is 10.1 Å². The molecule has 0 heterocycles. The van der Waals surface area contributed by atoms with Gasteiger partial charge in [-0.2, -0.15) is 0 Å². The molecule has 12 heavy (non-hydrogen) atoms. The Morgan fingerprint density at radius 1 is 1.58 bits per heavy atom. The van der Waals surface area contributed by atoms with Crippen LogP contribution in [0.15, 0.2) is 6.08 Å². The van der Waals surface area contributed by atoms with Gasteiger partial charge in [0.2, 0.25) is 5.91 Å². The molecule has 0 aliphatic carbocycles. The summed E-state index contributed by atoms with van der Waals surface area (Å²) in [5.41, 5.74) is 0. The summed E-state index contributed by atoms with van der Waals surface area (Å²) in [6.07, 6.45) is 1.08. The molecule has 1 radical (unpaired) electrons. The first-order valence-electron chi connectivity index (χ1n) is 3.69. The van der Waals surface area contributed by atoms with Gasteiger partial charge in [0.1, 0.15) is 0 Å². The Bertz CT molecular complexity index is 177. The van der Waals surface area contributed by atoms with Gasteiger partial charge in [0.05, 0.1) is 13.0 Å². The smallest absolute Gasteiger partial charge is 0.307 e. The third kappa shape index (κ3) is 5.46. The Hall–Kier alpha value is -1.32. The molecule has 0 unspecified atom stereocenters. The Kier molecular flexibility index (Phi) is 5.69. The monoisotopic (exact) mass is 170 g/mol. The molecular weight excluding hydrogens is 158 g/mol. The van der Waals surface area contributed by atoms with Crippen LogP contribution in [0, 0.1) is 6.58 Å². The summed E-state index contributed by atoms with van der Waals surface area (Å²) in [5.74, 6) is -0.714. The van der Waals surface area contributed by atoms with E-state index in [0.29, 0.717) is 6.61 Å². The SMILES string of the molecule is [CH]=CC(=O)NCCC(=O)OCC. The van der Waals surface area contributed by atoms with Crippen LogP contribution < -0.4 is 5.32 Å². The zero-order chi connectivity index (χ0) is 9.40. The summed E-state index contributed by atoms with van der Waals surface area (Å²) in [6, 6.07) is 0. The van der Waals surface area contributed by atoms with E-state index in [-0.39, 0.29) is 24.8 Å². The second-order valence-corrected chi connectivity index (χ2v) is 2.01. The molecule has 0 aliphatic rings. The quantitative estimate of drug-likeness (QED) is 0.468. The molecule has 0 atom stereocenters. The molecular formula is C8H12NO3. The fourth-order valence-electron chi connectivity index (χ4n) is 0.580. The zero-order valence-electron chi connectivity index (χ0n) is 7.00. The number of hydrogen-bond acceptors (Lipinski definition) is 3. The van der Waals surface area contributed by atoms with Crippen molar-refractivity contribution >= 4 is 11.9 Å². The van der Waals surface area contributed by atoms with Crippen molar-refractivity contribution in [2.75, 3.05) is 13.2 Å². The predicted molar refractivity (Wildman–Crippen MR) is 43.1 cm³/mol. The summed E-state index contributed by atoms with van der Waals surface area (Å²) in [5, 5.41) is 2.40. The Morgan fingerprint density at radius 2 is 2.25 bits per heavy atom. The summed E-state index contributed by atoms with van der Waals surface area (Å²) in [6.45, 7) is 7.23. The summed E-state index contributed by atoms with van der Waals surface area (Å²) >= 11 is 0. The van der Waals surface area contributed by atoms with E-state index in [1.165, 1.54) is 0 Å². The number of amides is 1. The number of hydrogen-bond donors (Lipinski definition) is 1. The van der Waals surface area contributed by atoms with Crippen molar-refractivity contribution in [3.05, 3.63) is 12.7 Å². The minimum atomic E-state index is -0.390. The van der Waals surface area contributed by atoms with Gasteiger partial charge >= 0.3 is 5.97 Å². The number of nitrogens with one attached hydrogen (secondary N) is 1. The highest BCUT2D eigenvalue weighted by molar-refractivity contribution is 5.86. The fraction of sp³-hybridized carbons (Fsp3) is 0.500. The second-order valence-electron chi connectivity index (χ2n) is 2.01. The number of carbonyl (C=O) groups excluding carboxylic acids is 2. The highest BCUT2D eigenvalue weighted by Crippen LogP contribution is 1.83. The normalized spacial score (nSPS) is 8.75. The molecule has 4 heteroatoms. The molecule has 0 saturated carbocycles. The van der Waals surface area contributed by atoms with Crippen molar-refractivity contribution in [2.45, 2.75) is 13.3 Å². The minimum absolute atomic E-state index is 0.174. The van der Waals surface area contributed by atoms with Crippen LogP contribution >= 0.6 is 0 Å². The lowest BCUT2D eigenvalue weighted by Gasteiger charge is -2.01. The lowest BCUT2D eigenvalue weighted by Crippen LogP contribution is -2.24. The first-order chi connectivity index (χ1) is 5.70. The lowest BCUT2D eigenvalue weighted by molar-refractivity contribution is -0.142.